The Morgan fingerprint density at radius 1 is 1.17 bits per heavy atom. The highest BCUT2D eigenvalue weighted by atomic mass is 35.5. The van der Waals surface area contributed by atoms with Crippen molar-refractivity contribution in [1.29, 1.82) is 0 Å². The summed E-state index contributed by atoms with van der Waals surface area (Å²) in [6.07, 6.45) is 2.20. The van der Waals surface area contributed by atoms with Crippen molar-refractivity contribution in [3.05, 3.63) is 99.3 Å². The minimum absolute atomic E-state index is 0.0772. The van der Waals surface area contributed by atoms with Crippen LogP contribution in [0.25, 0.3) is 0 Å². The molecule has 0 saturated carbocycles. The summed E-state index contributed by atoms with van der Waals surface area (Å²) in [5.74, 6) is 0.954. The fourth-order valence-corrected chi connectivity index (χ4v) is 6.86. The first-order chi connectivity index (χ1) is 19.8. The predicted octanol–water partition coefficient (Wildman–Crippen LogP) is 7.45. The van der Waals surface area contributed by atoms with Crippen molar-refractivity contribution < 1.29 is 27.9 Å². The molecule has 0 spiro atoms. The summed E-state index contributed by atoms with van der Waals surface area (Å²) in [6, 6.07) is 17.6. The van der Waals surface area contributed by atoms with E-state index in [-0.39, 0.29) is 24.4 Å². The lowest BCUT2D eigenvalue weighted by Gasteiger charge is -2.30. The van der Waals surface area contributed by atoms with Gasteiger partial charge in [0.2, 0.25) is 0 Å². The Labute approximate surface area is 248 Å². The SMILES string of the molecule is CC(C)Oc1cc(OCCc2ccsc2)cc(C(=O)Nc2ccc(P3(=O)OCCC(c4cccc(Cl)c4)O3)cn2)c1. The number of hydrogen-bond donors (Lipinski definition) is 1. The fraction of sp³-hybridized carbons (Fsp3) is 0.267. The summed E-state index contributed by atoms with van der Waals surface area (Å²) in [5.41, 5.74) is 2.38. The molecule has 1 fully saturated rings. The second-order valence-corrected chi connectivity index (χ2v) is 12.9. The lowest BCUT2D eigenvalue weighted by molar-refractivity contribution is 0.0875. The smallest absolute Gasteiger partial charge is 0.363 e. The summed E-state index contributed by atoms with van der Waals surface area (Å²) in [4.78, 5) is 17.5. The summed E-state index contributed by atoms with van der Waals surface area (Å²) in [6.45, 7) is 4.56. The zero-order valence-corrected chi connectivity index (χ0v) is 25.1. The Bertz CT molecular complexity index is 1530. The molecule has 0 radical (unpaired) electrons. The third-order valence-electron chi connectivity index (χ3n) is 6.19. The molecule has 1 saturated heterocycles. The largest absolute Gasteiger partial charge is 0.493 e. The number of halogens is 1. The molecule has 1 aliphatic heterocycles. The molecular formula is C30H30ClN2O6PS. The summed E-state index contributed by atoms with van der Waals surface area (Å²) in [5, 5.41) is 7.77. The van der Waals surface area contributed by atoms with Crippen LogP contribution < -0.4 is 20.1 Å². The van der Waals surface area contributed by atoms with Gasteiger partial charge in [0.1, 0.15) is 17.3 Å². The standard InChI is InChI=1S/C30H30ClN2O6PS/c1-20(2)38-26-16-23(15-25(17-26)36-11-8-21-10-13-41-19-21)30(34)33-29-7-6-27(18-32-29)40(35)37-12-9-28(39-40)22-4-3-5-24(31)14-22/h3-7,10,13-20,28H,8-9,11-12H2,1-2H3,(H,32,33,34). The van der Waals surface area contributed by atoms with Crippen LogP contribution in [0.15, 0.2) is 77.6 Å². The molecule has 41 heavy (non-hydrogen) atoms. The predicted molar refractivity (Wildman–Crippen MR) is 161 cm³/mol. The third-order valence-corrected chi connectivity index (χ3v) is 9.11. The van der Waals surface area contributed by atoms with E-state index < -0.39 is 13.7 Å². The molecular weight excluding hydrogens is 583 g/mol. The number of hydrogen-bond acceptors (Lipinski definition) is 8. The van der Waals surface area contributed by atoms with E-state index in [4.69, 9.17) is 30.1 Å². The number of nitrogens with zero attached hydrogens (tertiary/aromatic N) is 1. The number of benzene rings is 2. The molecule has 3 heterocycles. The Hall–Kier alpha value is -3.20. The molecule has 0 aliphatic carbocycles. The quantitative estimate of drug-likeness (QED) is 0.186. The van der Waals surface area contributed by atoms with Gasteiger partial charge in [-0.2, -0.15) is 11.3 Å². The lowest BCUT2D eigenvalue weighted by Crippen LogP contribution is -2.21. The van der Waals surface area contributed by atoms with Crippen LogP contribution in [0.3, 0.4) is 0 Å². The van der Waals surface area contributed by atoms with Gasteiger partial charge in [-0.3, -0.25) is 13.9 Å². The van der Waals surface area contributed by atoms with Crippen LogP contribution in [0.1, 0.15) is 47.9 Å². The van der Waals surface area contributed by atoms with Crippen LogP contribution in [-0.4, -0.2) is 30.2 Å². The Balaban J connectivity index is 1.27. The third kappa shape index (κ3) is 7.76. The first-order valence-corrected chi connectivity index (χ1v) is 16.1. The number of nitrogens with one attached hydrogen (secondary N) is 1. The average molecular weight is 613 g/mol. The molecule has 2 aromatic heterocycles. The van der Waals surface area contributed by atoms with E-state index in [2.05, 4.69) is 21.7 Å². The van der Waals surface area contributed by atoms with E-state index in [0.29, 0.717) is 40.4 Å². The number of aromatic nitrogens is 1. The van der Waals surface area contributed by atoms with Gasteiger partial charge >= 0.3 is 7.60 Å². The zero-order chi connectivity index (χ0) is 28.8. The van der Waals surface area contributed by atoms with Crippen LogP contribution in [-0.2, 0) is 20.0 Å². The van der Waals surface area contributed by atoms with Crippen LogP contribution >= 0.6 is 30.5 Å². The van der Waals surface area contributed by atoms with Gasteiger partial charge in [0.25, 0.3) is 5.91 Å². The van der Waals surface area contributed by atoms with Gasteiger partial charge in [-0.15, -0.1) is 0 Å². The fourth-order valence-electron chi connectivity index (χ4n) is 4.26. The maximum absolute atomic E-state index is 13.6. The zero-order valence-electron chi connectivity index (χ0n) is 22.6. The van der Waals surface area contributed by atoms with Gasteiger partial charge < -0.3 is 19.3 Å². The van der Waals surface area contributed by atoms with E-state index in [1.807, 2.05) is 31.4 Å². The Kier molecular flexibility index (Phi) is 9.42. The van der Waals surface area contributed by atoms with Crippen molar-refractivity contribution in [3.63, 3.8) is 0 Å². The summed E-state index contributed by atoms with van der Waals surface area (Å²) >= 11 is 7.76. The summed E-state index contributed by atoms with van der Waals surface area (Å²) in [7, 11) is -3.62. The monoisotopic (exact) mass is 612 g/mol. The molecule has 2 aromatic carbocycles. The number of ether oxygens (including phenoxy) is 2. The van der Waals surface area contributed by atoms with Gasteiger partial charge in [-0.25, -0.2) is 4.98 Å². The second kappa shape index (κ2) is 13.2. The van der Waals surface area contributed by atoms with Crippen LogP contribution in [0.4, 0.5) is 5.82 Å². The number of carbonyl (C=O) groups is 1. The molecule has 2 atom stereocenters. The van der Waals surface area contributed by atoms with Crippen LogP contribution in [0, 0.1) is 0 Å². The minimum atomic E-state index is -3.62. The molecule has 8 nitrogen and oxygen atoms in total. The Morgan fingerprint density at radius 2 is 2.02 bits per heavy atom. The van der Waals surface area contributed by atoms with E-state index >= 15 is 0 Å². The van der Waals surface area contributed by atoms with E-state index in [0.717, 1.165) is 12.0 Å². The lowest BCUT2D eigenvalue weighted by atomic mass is 10.1. The van der Waals surface area contributed by atoms with Crippen molar-refractivity contribution in [2.75, 3.05) is 18.5 Å². The normalized spacial score (nSPS) is 18.7. The number of amides is 1. The Morgan fingerprint density at radius 3 is 2.76 bits per heavy atom. The maximum Gasteiger partial charge on any atom is 0.363 e. The number of pyridine rings is 1. The molecule has 1 amide bonds. The first-order valence-electron chi connectivity index (χ1n) is 13.2. The summed E-state index contributed by atoms with van der Waals surface area (Å²) < 4.78 is 36.9. The van der Waals surface area contributed by atoms with Crippen molar-refractivity contribution in [2.45, 2.75) is 38.9 Å². The molecule has 2 unspecified atom stereocenters. The minimum Gasteiger partial charge on any atom is -0.493 e. The van der Waals surface area contributed by atoms with Crippen molar-refractivity contribution in [3.8, 4) is 11.5 Å². The van der Waals surface area contributed by atoms with Gasteiger partial charge in [0.15, 0.2) is 0 Å². The van der Waals surface area contributed by atoms with Crippen molar-refractivity contribution >= 4 is 47.6 Å². The van der Waals surface area contributed by atoms with Crippen LogP contribution in [0.2, 0.25) is 5.02 Å². The highest BCUT2D eigenvalue weighted by Gasteiger charge is 2.36. The van der Waals surface area contributed by atoms with E-state index in [1.165, 1.54) is 11.8 Å². The average Bonchev–Trinajstić information content (AvgIpc) is 3.47. The number of carbonyl (C=O) groups excluding carboxylic acids is 1. The molecule has 214 valence electrons. The number of thiophene rings is 1. The topological polar surface area (TPSA) is 96.0 Å². The number of rotatable bonds is 10. The molecule has 5 rings (SSSR count). The van der Waals surface area contributed by atoms with Crippen molar-refractivity contribution in [1.82, 2.24) is 4.98 Å². The van der Waals surface area contributed by atoms with Gasteiger partial charge in [0.05, 0.1) is 30.7 Å². The first kappa shape index (κ1) is 29.3. The number of anilines is 1. The van der Waals surface area contributed by atoms with Gasteiger partial charge in [0, 0.05) is 35.7 Å². The van der Waals surface area contributed by atoms with Crippen molar-refractivity contribution in [2.24, 2.45) is 0 Å². The molecule has 11 heteroatoms. The van der Waals surface area contributed by atoms with E-state index in [9.17, 15) is 9.36 Å². The van der Waals surface area contributed by atoms with Crippen LogP contribution in [0.5, 0.6) is 11.5 Å². The maximum atomic E-state index is 13.6. The second-order valence-electron chi connectivity index (χ2n) is 9.71. The highest BCUT2D eigenvalue weighted by molar-refractivity contribution is 7.62. The van der Waals surface area contributed by atoms with Gasteiger partial charge in [-0.1, -0.05) is 23.7 Å². The van der Waals surface area contributed by atoms with Gasteiger partial charge in [-0.05, 0) is 78.2 Å². The van der Waals surface area contributed by atoms with E-state index in [1.54, 1.807) is 53.8 Å². The molecule has 0 bridgehead atoms. The highest BCUT2D eigenvalue weighted by Crippen LogP contribution is 2.55. The molecule has 4 aromatic rings. The molecule has 1 N–H and O–H groups in total. The molecule has 1 aliphatic rings.